The SMILES string of the molecule is c1ccc(-c2c3ccccc3c(-c3ccc(N(c4ccc(-c5ccc(-c6cccc7ccccc67)cc5)cc4)c4ccc5c(c4)c4ccccc4n5-c4ccccc4)cc3)c3ccccc23)cc1. The molecule has 0 N–H and O–H groups in total. The van der Waals surface area contributed by atoms with E-state index >= 15 is 0 Å². The van der Waals surface area contributed by atoms with E-state index in [0.717, 1.165) is 22.7 Å². The molecule has 13 aromatic rings. The fraction of sp³-hybridized carbons (Fsp3) is 0. The topological polar surface area (TPSA) is 8.17 Å². The van der Waals surface area contributed by atoms with Gasteiger partial charge in [0.15, 0.2) is 0 Å². The number of benzene rings is 12. The molecule has 0 amide bonds. The molecule has 68 heavy (non-hydrogen) atoms. The number of nitrogens with zero attached hydrogens (tertiary/aromatic N) is 2. The standard InChI is InChI=1S/C66H44N2/c1-3-17-49(18-4-1)65-58-24-9-11-26-60(58)66(61-27-12-10-25-59(61)65)50-36-40-53(41-37-50)67(54-42-43-64-62(44-54)57-23-13-14-29-63(57)68(64)51-20-5-2-6-21-51)52-38-34-46(35-39-52)45-30-32-48(33-31-45)56-28-15-19-47-16-7-8-22-55(47)56/h1-44H. The van der Waals surface area contributed by atoms with Gasteiger partial charge in [-0.1, -0.05) is 206 Å². The van der Waals surface area contributed by atoms with E-state index in [4.69, 9.17) is 0 Å². The van der Waals surface area contributed by atoms with Crippen molar-refractivity contribution in [2.45, 2.75) is 0 Å². The fourth-order valence-electron chi connectivity index (χ4n) is 10.7. The third kappa shape index (κ3) is 6.65. The van der Waals surface area contributed by atoms with Gasteiger partial charge in [-0.15, -0.1) is 0 Å². The monoisotopic (exact) mass is 864 g/mol. The van der Waals surface area contributed by atoms with Crippen LogP contribution in [0, 0.1) is 0 Å². The van der Waals surface area contributed by atoms with Gasteiger partial charge in [-0.25, -0.2) is 0 Å². The number of hydrogen-bond acceptors (Lipinski definition) is 1. The summed E-state index contributed by atoms with van der Waals surface area (Å²) >= 11 is 0. The Bertz CT molecular complexity index is 3920. The zero-order chi connectivity index (χ0) is 45.0. The van der Waals surface area contributed by atoms with Crippen molar-refractivity contribution in [1.82, 2.24) is 4.57 Å². The average Bonchev–Trinajstić information content (AvgIpc) is 3.75. The first-order chi connectivity index (χ1) is 33.7. The summed E-state index contributed by atoms with van der Waals surface area (Å²) in [5.74, 6) is 0. The lowest BCUT2D eigenvalue weighted by atomic mass is 9.86. The molecule has 0 aliphatic heterocycles. The van der Waals surface area contributed by atoms with Crippen molar-refractivity contribution >= 4 is 71.2 Å². The molecule has 0 aliphatic carbocycles. The van der Waals surface area contributed by atoms with Gasteiger partial charge < -0.3 is 9.47 Å². The predicted octanol–water partition coefficient (Wildman–Crippen LogP) is 18.4. The fourth-order valence-corrected chi connectivity index (χ4v) is 10.7. The number of anilines is 3. The second-order valence-electron chi connectivity index (χ2n) is 17.6. The molecule has 0 fully saturated rings. The Morgan fingerprint density at radius 1 is 0.250 bits per heavy atom. The van der Waals surface area contributed by atoms with Gasteiger partial charge in [0, 0.05) is 33.5 Å². The summed E-state index contributed by atoms with van der Waals surface area (Å²) in [6, 6.07) is 97.4. The molecule has 0 aliphatic rings. The van der Waals surface area contributed by atoms with Crippen molar-refractivity contribution < 1.29 is 0 Å². The smallest absolute Gasteiger partial charge is 0.0542 e. The maximum Gasteiger partial charge on any atom is 0.0542 e. The first-order valence-corrected chi connectivity index (χ1v) is 23.4. The molecule has 0 radical (unpaired) electrons. The third-order valence-corrected chi connectivity index (χ3v) is 13.8. The van der Waals surface area contributed by atoms with Crippen LogP contribution in [0.25, 0.3) is 104 Å². The van der Waals surface area contributed by atoms with Crippen molar-refractivity contribution in [3.05, 3.63) is 267 Å². The van der Waals surface area contributed by atoms with E-state index in [1.165, 1.54) is 98.6 Å². The summed E-state index contributed by atoms with van der Waals surface area (Å²) in [5.41, 5.74) is 16.5. The Balaban J connectivity index is 0.938. The minimum atomic E-state index is 1.08. The van der Waals surface area contributed by atoms with Gasteiger partial charge in [-0.05, 0) is 137 Å². The first kappa shape index (κ1) is 39.4. The molecule has 1 heterocycles. The van der Waals surface area contributed by atoms with Gasteiger partial charge in [0.1, 0.15) is 0 Å². The van der Waals surface area contributed by atoms with Crippen LogP contribution < -0.4 is 4.90 Å². The maximum atomic E-state index is 2.40. The largest absolute Gasteiger partial charge is 0.310 e. The molecule has 0 spiro atoms. The van der Waals surface area contributed by atoms with Gasteiger partial charge in [0.05, 0.1) is 11.0 Å². The van der Waals surface area contributed by atoms with Gasteiger partial charge in [-0.2, -0.15) is 0 Å². The number of hydrogen-bond donors (Lipinski definition) is 0. The van der Waals surface area contributed by atoms with Crippen molar-refractivity contribution in [2.24, 2.45) is 0 Å². The number of para-hydroxylation sites is 2. The van der Waals surface area contributed by atoms with Crippen LogP contribution in [0.1, 0.15) is 0 Å². The van der Waals surface area contributed by atoms with Crippen LogP contribution in [0.15, 0.2) is 267 Å². The lowest BCUT2D eigenvalue weighted by Crippen LogP contribution is -2.10. The van der Waals surface area contributed by atoms with E-state index in [0.29, 0.717) is 0 Å². The molecule has 0 saturated heterocycles. The van der Waals surface area contributed by atoms with Crippen LogP contribution in [0.3, 0.4) is 0 Å². The highest BCUT2D eigenvalue weighted by atomic mass is 15.1. The molecule has 1 aromatic heterocycles. The zero-order valence-electron chi connectivity index (χ0n) is 37.3. The Morgan fingerprint density at radius 3 is 1.29 bits per heavy atom. The van der Waals surface area contributed by atoms with E-state index < -0.39 is 0 Å². The molecule has 0 unspecified atom stereocenters. The van der Waals surface area contributed by atoms with Gasteiger partial charge in [0.2, 0.25) is 0 Å². The minimum Gasteiger partial charge on any atom is -0.310 e. The Labute approximate surface area is 395 Å². The molecular formula is C66H44N2. The van der Waals surface area contributed by atoms with Crippen LogP contribution in [-0.2, 0) is 0 Å². The molecule has 0 bridgehead atoms. The van der Waals surface area contributed by atoms with E-state index in [1.54, 1.807) is 0 Å². The average molecular weight is 865 g/mol. The van der Waals surface area contributed by atoms with Crippen molar-refractivity contribution in [3.8, 4) is 50.2 Å². The van der Waals surface area contributed by atoms with Crippen LogP contribution >= 0.6 is 0 Å². The molecule has 12 aromatic carbocycles. The van der Waals surface area contributed by atoms with Crippen LogP contribution in [0.4, 0.5) is 17.1 Å². The first-order valence-electron chi connectivity index (χ1n) is 23.4. The van der Waals surface area contributed by atoms with Crippen molar-refractivity contribution in [3.63, 3.8) is 0 Å². The molecule has 2 heteroatoms. The summed E-state index contributed by atoms with van der Waals surface area (Å²) < 4.78 is 2.38. The van der Waals surface area contributed by atoms with E-state index in [2.05, 4.69) is 276 Å². The molecule has 0 saturated carbocycles. The highest BCUT2D eigenvalue weighted by Gasteiger charge is 2.20. The summed E-state index contributed by atoms with van der Waals surface area (Å²) in [7, 11) is 0. The number of rotatable bonds is 8. The number of fused-ring (bicyclic) bond motifs is 6. The predicted molar refractivity (Wildman–Crippen MR) is 290 cm³/mol. The summed E-state index contributed by atoms with van der Waals surface area (Å²) in [6.45, 7) is 0. The van der Waals surface area contributed by atoms with Crippen LogP contribution in [0.5, 0.6) is 0 Å². The quantitative estimate of drug-likeness (QED) is 0.138. The second-order valence-corrected chi connectivity index (χ2v) is 17.6. The second kappa shape index (κ2) is 16.5. The molecule has 2 nitrogen and oxygen atoms in total. The summed E-state index contributed by atoms with van der Waals surface area (Å²) in [4.78, 5) is 2.40. The molecule has 318 valence electrons. The maximum absolute atomic E-state index is 2.40. The highest BCUT2D eigenvalue weighted by Crippen LogP contribution is 2.46. The van der Waals surface area contributed by atoms with Crippen LogP contribution in [0.2, 0.25) is 0 Å². The Hall–Kier alpha value is -8.98. The minimum absolute atomic E-state index is 1.08. The normalized spacial score (nSPS) is 11.5. The van der Waals surface area contributed by atoms with Gasteiger partial charge >= 0.3 is 0 Å². The molecular weight excluding hydrogens is 821 g/mol. The zero-order valence-corrected chi connectivity index (χ0v) is 37.3. The molecule has 0 atom stereocenters. The van der Waals surface area contributed by atoms with Gasteiger partial charge in [0.25, 0.3) is 0 Å². The Kier molecular flexibility index (Phi) is 9.54. The van der Waals surface area contributed by atoms with Crippen molar-refractivity contribution in [2.75, 3.05) is 4.90 Å². The molecule has 13 rings (SSSR count). The third-order valence-electron chi connectivity index (χ3n) is 13.8. The summed E-state index contributed by atoms with van der Waals surface area (Å²) in [6.07, 6.45) is 0. The van der Waals surface area contributed by atoms with E-state index in [-0.39, 0.29) is 0 Å². The van der Waals surface area contributed by atoms with Crippen molar-refractivity contribution in [1.29, 1.82) is 0 Å². The number of aromatic nitrogens is 1. The van der Waals surface area contributed by atoms with E-state index in [9.17, 15) is 0 Å². The lowest BCUT2D eigenvalue weighted by Gasteiger charge is -2.26. The lowest BCUT2D eigenvalue weighted by molar-refractivity contribution is 1.18. The van der Waals surface area contributed by atoms with E-state index in [1.807, 2.05) is 0 Å². The Morgan fingerprint density at radius 2 is 0.676 bits per heavy atom. The summed E-state index contributed by atoms with van der Waals surface area (Å²) in [5, 5.41) is 9.96. The van der Waals surface area contributed by atoms with Gasteiger partial charge in [-0.3, -0.25) is 0 Å². The van der Waals surface area contributed by atoms with Crippen LogP contribution in [-0.4, -0.2) is 4.57 Å². The highest BCUT2D eigenvalue weighted by molar-refractivity contribution is 6.21.